The fourth-order valence-corrected chi connectivity index (χ4v) is 3.98. The van der Waals surface area contributed by atoms with Crippen molar-refractivity contribution in [2.75, 3.05) is 6.61 Å². The van der Waals surface area contributed by atoms with E-state index in [1.165, 1.54) is 12.4 Å². The molecule has 4 rings (SSSR count). The molecule has 174 valence electrons. The maximum Gasteiger partial charge on any atom is 0.407 e. The molecule has 1 aliphatic carbocycles. The summed E-state index contributed by atoms with van der Waals surface area (Å²) in [5.41, 5.74) is 4.53. The van der Waals surface area contributed by atoms with Gasteiger partial charge < -0.3 is 20.5 Å². The summed E-state index contributed by atoms with van der Waals surface area (Å²) < 4.78 is 5.50. The summed E-state index contributed by atoms with van der Waals surface area (Å²) in [6.07, 6.45) is 1.81. The Kier molecular flexibility index (Phi) is 6.82. The van der Waals surface area contributed by atoms with Crippen molar-refractivity contribution in [1.29, 1.82) is 0 Å². The van der Waals surface area contributed by atoms with E-state index in [1.807, 2.05) is 36.4 Å². The molecule has 0 fully saturated rings. The van der Waals surface area contributed by atoms with Crippen molar-refractivity contribution in [1.82, 2.24) is 20.6 Å². The highest BCUT2D eigenvalue weighted by molar-refractivity contribution is 5.86. The zero-order valence-electron chi connectivity index (χ0n) is 18.5. The predicted molar refractivity (Wildman–Crippen MR) is 123 cm³/mol. The quantitative estimate of drug-likeness (QED) is 0.471. The molecule has 3 N–H and O–H groups in total. The van der Waals surface area contributed by atoms with Crippen LogP contribution in [0, 0.1) is 0 Å². The van der Waals surface area contributed by atoms with E-state index in [0.29, 0.717) is 0 Å². The Morgan fingerprint density at radius 1 is 1.00 bits per heavy atom. The lowest BCUT2D eigenvalue weighted by Gasteiger charge is -2.17. The Bertz CT molecular complexity index is 1170. The zero-order valence-corrected chi connectivity index (χ0v) is 18.5. The van der Waals surface area contributed by atoms with Crippen LogP contribution in [0.1, 0.15) is 46.6 Å². The van der Waals surface area contributed by atoms with Crippen molar-refractivity contribution in [3.05, 3.63) is 83.4 Å². The number of alkyl carbamates (subject to hydrolysis) is 1. The predicted octanol–water partition coefficient (Wildman–Crippen LogP) is 3.11. The minimum absolute atomic E-state index is 0.0315. The largest absolute Gasteiger partial charge is 0.478 e. The van der Waals surface area contributed by atoms with Gasteiger partial charge in [0.25, 0.3) is 0 Å². The minimum Gasteiger partial charge on any atom is -0.478 e. The summed E-state index contributed by atoms with van der Waals surface area (Å²) in [6, 6.07) is 15.7. The number of amides is 2. The molecular weight excluding hydrogens is 436 g/mol. The number of aromatic carboxylic acids is 1. The van der Waals surface area contributed by atoms with Gasteiger partial charge in [0.15, 0.2) is 0 Å². The van der Waals surface area contributed by atoms with E-state index in [9.17, 15) is 14.4 Å². The highest BCUT2D eigenvalue weighted by atomic mass is 16.5. The second kappa shape index (κ2) is 10.1. The third kappa shape index (κ3) is 5.20. The van der Waals surface area contributed by atoms with Gasteiger partial charge in [0, 0.05) is 30.8 Å². The maximum absolute atomic E-state index is 12.3. The smallest absolute Gasteiger partial charge is 0.407 e. The van der Waals surface area contributed by atoms with Crippen LogP contribution in [0.4, 0.5) is 4.79 Å². The van der Waals surface area contributed by atoms with Crippen LogP contribution in [-0.4, -0.2) is 45.7 Å². The van der Waals surface area contributed by atoms with Crippen molar-refractivity contribution in [2.45, 2.75) is 31.8 Å². The average Bonchev–Trinajstić information content (AvgIpc) is 3.15. The molecule has 0 spiro atoms. The molecule has 9 nitrogen and oxygen atoms in total. The molecule has 0 saturated carbocycles. The topological polar surface area (TPSA) is 131 Å². The van der Waals surface area contributed by atoms with E-state index < -0.39 is 18.1 Å². The van der Waals surface area contributed by atoms with Crippen molar-refractivity contribution >= 4 is 18.0 Å². The van der Waals surface area contributed by atoms with Gasteiger partial charge in [-0.05, 0) is 29.2 Å². The number of benzene rings is 2. The molecule has 3 aromatic rings. The first-order valence-corrected chi connectivity index (χ1v) is 10.8. The van der Waals surface area contributed by atoms with Crippen LogP contribution >= 0.6 is 0 Å². The number of hydrogen-bond donors (Lipinski definition) is 3. The number of carbonyl (C=O) groups is 3. The molecule has 0 radical (unpaired) electrons. The van der Waals surface area contributed by atoms with Gasteiger partial charge >= 0.3 is 12.1 Å². The normalized spacial score (nSPS) is 12.9. The maximum atomic E-state index is 12.3. The summed E-state index contributed by atoms with van der Waals surface area (Å²) in [4.78, 5) is 43.1. The Morgan fingerprint density at radius 2 is 1.59 bits per heavy atom. The van der Waals surface area contributed by atoms with Crippen LogP contribution in [0.25, 0.3) is 11.1 Å². The third-order valence-electron chi connectivity index (χ3n) is 5.60. The van der Waals surface area contributed by atoms with Gasteiger partial charge in [-0.25, -0.2) is 19.6 Å². The van der Waals surface area contributed by atoms with Gasteiger partial charge in [-0.1, -0.05) is 48.5 Å². The second-order valence-corrected chi connectivity index (χ2v) is 8.04. The Morgan fingerprint density at radius 3 is 2.18 bits per heavy atom. The number of fused-ring (bicyclic) bond motifs is 3. The summed E-state index contributed by atoms with van der Waals surface area (Å²) >= 11 is 0. The van der Waals surface area contributed by atoms with Crippen molar-refractivity contribution < 1.29 is 24.2 Å². The number of aromatic nitrogens is 2. The van der Waals surface area contributed by atoms with Crippen LogP contribution in [0.2, 0.25) is 0 Å². The molecule has 2 aromatic carbocycles. The number of rotatable bonds is 8. The number of nitrogens with one attached hydrogen (secondary N) is 2. The summed E-state index contributed by atoms with van der Waals surface area (Å²) in [5.74, 6) is -1.18. The van der Waals surface area contributed by atoms with Crippen molar-refractivity contribution in [3.63, 3.8) is 0 Å². The van der Waals surface area contributed by atoms with E-state index >= 15 is 0 Å². The first kappa shape index (κ1) is 22.9. The van der Waals surface area contributed by atoms with Gasteiger partial charge in [-0.2, -0.15) is 0 Å². The van der Waals surface area contributed by atoms with Gasteiger partial charge in [-0.15, -0.1) is 0 Å². The lowest BCUT2D eigenvalue weighted by Crippen LogP contribution is -2.38. The zero-order chi connectivity index (χ0) is 24.1. The molecule has 34 heavy (non-hydrogen) atoms. The lowest BCUT2D eigenvalue weighted by atomic mass is 9.98. The number of carboxylic acid groups (broad SMARTS) is 1. The first-order valence-electron chi connectivity index (χ1n) is 10.8. The fourth-order valence-electron chi connectivity index (χ4n) is 3.98. The molecule has 0 bridgehead atoms. The Hall–Kier alpha value is -4.27. The van der Waals surface area contributed by atoms with E-state index in [2.05, 4.69) is 32.7 Å². The minimum atomic E-state index is -1.12. The summed E-state index contributed by atoms with van der Waals surface area (Å²) in [6.45, 7) is 1.96. The van der Waals surface area contributed by atoms with E-state index in [-0.39, 0.29) is 42.8 Å². The number of nitrogens with zero attached hydrogens (tertiary/aromatic N) is 2. The molecule has 0 aliphatic heterocycles. The third-order valence-corrected chi connectivity index (χ3v) is 5.60. The molecule has 1 aromatic heterocycles. The Balaban J connectivity index is 1.24. The van der Waals surface area contributed by atoms with Crippen LogP contribution in [0.3, 0.4) is 0 Å². The molecule has 0 saturated heterocycles. The monoisotopic (exact) mass is 460 g/mol. The SMILES string of the molecule is CC(CC(=O)NCc1ncc(C(=O)O)cn1)NC(=O)OCC1c2ccccc2-c2ccccc21. The molecule has 9 heteroatoms. The number of carbonyl (C=O) groups excluding carboxylic acids is 2. The number of carboxylic acids is 1. The molecule has 1 aliphatic rings. The highest BCUT2D eigenvalue weighted by Gasteiger charge is 2.29. The average molecular weight is 460 g/mol. The fraction of sp³-hybridized carbons (Fsp3) is 0.240. The number of ether oxygens (including phenoxy) is 1. The second-order valence-electron chi connectivity index (χ2n) is 8.04. The van der Waals surface area contributed by atoms with E-state index in [0.717, 1.165) is 22.3 Å². The molecule has 1 atom stereocenters. The van der Waals surface area contributed by atoms with Crippen LogP contribution in [-0.2, 0) is 16.1 Å². The highest BCUT2D eigenvalue weighted by Crippen LogP contribution is 2.44. The lowest BCUT2D eigenvalue weighted by molar-refractivity contribution is -0.121. The summed E-state index contributed by atoms with van der Waals surface area (Å²) in [5, 5.41) is 14.2. The Labute approximate surface area is 196 Å². The molecule has 1 unspecified atom stereocenters. The molecular formula is C25H24N4O5. The summed E-state index contributed by atoms with van der Waals surface area (Å²) in [7, 11) is 0. The van der Waals surface area contributed by atoms with Crippen LogP contribution < -0.4 is 10.6 Å². The van der Waals surface area contributed by atoms with E-state index in [4.69, 9.17) is 9.84 Å². The van der Waals surface area contributed by atoms with Gasteiger partial charge in [0.2, 0.25) is 5.91 Å². The van der Waals surface area contributed by atoms with Gasteiger partial charge in [0.1, 0.15) is 12.4 Å². The van der Waals surface area contributed by atoms with Crippen LogP contribution in [0.15, 0.2) is 60.9 Å². The van der Waals surface area contributed by atoms with Crippen molar-refractivity contribution in [3.8, 4) is 11.1 Å². The number of hydrogen-bond acceptors (Lipinski definition) is 6. The van der Waals surface area contributed by atoms with Gasteiger partial charge in [-0.3, -0.25) is 4.79 Å². The molecule has 1 heterocycles. The van der Waals surface area contributed by atoms with E-state index in [1.54, 1.807) is 6.92 Å². The van der Waals surface area contributed by atoms with Crippen molar-refractivity contribution in [2.24, 2.45) is 0 Å². The molecule has 2 amide bonds. The standard InChI is InChI=1S/C25H24N4O5/c1-15(10-23(30)28-13-22-26-11-16(12-27-22)24(31)32)29-25(33)34-14-21-19-8-4-2-6-17(19)18-7-3-5-9-20(18)21/h2-9,11-12,15,21H,10,13-14H2,1H3,(H,28,30)(H,29,33)(H,31,32). The van der Waals surface area contributed by atoms with Gasteiger partial charge in [0.05, 0.1) is 12.1 Å². The van der Waals surface area contributed by atoms with Crippen LogP contribution in [0.5, 0.6) is 0 Å². The first-order chi connectivity index (χ1) is 16.4.